The second-order valence-corrected chi connectivity index (χ2v) is 12.4. The van der Waals surface area contributed by atoms with E-state index in [0.29, 0.717) is 0 Å². The zero-order chi connectivity index (χ0) is 29.5. The summed E-state index contributed by atoms with van der Waals surface area (Å²) in [4.78, 5) is 0. The fraction of sp³-hybridized carbons (Fsp3) is 0.0233. The van der Waals surface area contributed by atoms with Crippen molar-refractivity contribution in [3.8, 4) is 33.4 Å². The van der Waals surface area contributed by atoms with Crippen LogP contribution >= 0.6 is 11.3 Å². The van der Waals surface area contributed by atoms with Crippen LogP contribution in [0.2, 0.25) is 0 Å². The predicted octanol–water partition coefficient (Wildman–Crippen LogP) is 13.0. The van der Waals surface area contributed by atoms with Crippen LogP contribution in [-0.4, -0.2) is 0 Å². The summed E-state index contributed by atoms with van der Waals surface area (Å²) in [7, 11) is 0. The summed E-state index contributed by atoms with van der Waals surface area (Å²) in [6.45, 7) is 2.05. The first kappa shape index (κ1) is 26.4. The Hall–Kier alpha value is -5.24. The van der Waals surface area contributed by atoms with Crippen molar-refractivity contribution in [1.82, 2.24) is 0 Å². The highest BCUT2D eigenvalue weighted by molar-refractivity contribution is 7.25. The van der Waals surface area contributed by atoms with Crippen molar-refractivity contribution >= 4 is 59.1 Å². The third-order valence-electron chi connectivity index (χ3n) is 8.58. The van der Waals surface area contributed by atoms with Gasteiger partial charge in [0.05, 0.1) is 0 Å². The molecule has 0 saturated heterocycles. The molecule has 8 aromatic rings. The Labute approximate surface area is 261 Å². The molecule has 208 valence electrons. The van der Waals surface area contributed by atoms with E-state index in [-0.39, 0.29) is 0 Å². The van der Waals surface area contributed by atoms with Gasteiger partial charge in [-0.15, -0.1) is 11.3 Å². The van der Waals surface area contributed by atoms with Crippen molar-refractivity contribution in [3.63, 3.8) is 0 Å². The third kappa shape index (κ3) is 4.63. The van der Waals surface area contributed by atoms with E-state index in [1.165, 1.54) is 80.7 Å². The maximum Gasteiger partial charge on any atom is 0.0361 e. The molecule has 8 rings (SSSR count). The van der Waals surface area contributed by atoms with Crippen LogP contribution in [-0.2, 0) is 0 Å². The number of fused-ring (bicyclic) bond motifs is 5. The van der Waals surface area contributed by atoms with Gasteiger partial charge in [-0.05, 0) is 97.7 Å². The molecule has 1 aromatic heterocycles. The van der Waals surface area contributed by atoms with Crippen molar-refractivity contribution in [2.24, 2.45) is 0 Å². The van der Waals surface area contributed by atoms with Crippen LogP contribution in [0.15, 0.2) is 158 Å². The lowest BCUT2D eigenvalue weighted by Crippen LogP contribution is -1.91. The maximum atomic E-state index is 2.36. The Balaban J connectivity index is 1.24. The summed E-state index contributed by atoms with van der Waals surface area (Å²) in [6, 6.07) is 51.3. The Morgan fingerprint density at radius 3 is 1.91 bits per heavy atom. The number of rotatable bonds is 5. The first-order valence-electron chi connectivity index (χ1n) is 15.1. The number of allylic oxidation sites excluding steroid dienone is 3. The van der Waals surface area contributed by atoms with E-state index in [1.807, 2.05) is 11.3 Å². The molecule has 0 aliphatic rings. The van der Waals surface area contributed by atoms with Crippen LogP contribution in [0.4, 0.5) is 0 Å². The fourth-order valence-corrected chi connectivity index (χ4v) is 7.61. The van der Waals surface area contributed by atoms with Gasteiger partial charge in [0.1, 0.15) is 0 Å². The predicted molar refractivity (Wildman–Crippen MR) is 194 cm³/mol. The second kappa shape index (κ2) is 11.1. The fourth-order valence-electron chi connectivity index (χ4n) is 6.46. The standard InChI is InChI=1S/C43H30S/c1-2-3-5-14-35-27-40(36-15-8-9-17-39(36)43(35)29-12-6-4-7-13-29)34-22-21-30-25-31(19-20-32(30)26-34)33-23-24-38-37-16-10-11-18-41(37)44-42(38)28-33/h2-28H,1H3/b3-2-,14-5-. The van der Waals surface area contributed by atoms with Crippen molar-refractivity contribution in [1.29, 1.82) is 0 Å². The molecule has 0 atom stereocenters. The molecule has 44 heavy (non-hydrogen) atoms. The Bertz CT molecular complexity index is 2390. The number of hydrogen-bond donors (Lipinski definition) is 0. The van der Waals surface area contributed by atoms with E-state index >= 15 is 0 Å². The van der Waals surface area contributed by atoms with E-state index in [0.717, 1.165) is 0 Å². The minimum absolute atomic E-state index is 1.22. The van der Waals surface area contributed by atoms with E-state index in [4.69, 9.17) is 0 Å². The van der Waals surface area contributed by atoms with Gasteiger partial charge >= 0.3 is 0 Å². The largest absolute Gasteiger partial charge is 0.135 e. The molecule has 0 radical (unpaired) electrons. The maximum absolute atomic E-state index is 2.36. The first-order valence-corrected chi connectivity index (χ1v) is 15.9. The molecule has 0 amide bonds. The van der Waals surface area contributed by atoms with Gasteiger partial charge < -0.3 is 0 Å². The molecule has 0 aliphatic carbocycles. The van der Waals surface area contributed by atoms with Crippen molar-refractivity contribution in [3.05, 3.63) is 163 Å². The molecule has 0 N–H and O–H groups in total. The lowest BCUT2D eigenvalue weighted by molar-refractivity contribution is 1.61. The minimum Gasteiger partial charge on any atom is -0.135 e. The zero-order valence-electron chi connectivity index (χ0n) is 24.5. The lowest BCUT2D eigenvalue weighted by Gasteiger charge is -2.16. The molecule has 0 fully saturated rings. The number of benzene rings is 7. The van der Waals surface area contributed by atoms with Gasteiger partial charge in [-0.1, -0.05) is 133 Å². The molecular weight excluding hydrogens is 549 g/mol. The highest BCUT2D eigenvalue weighted by atomic mass is 32.1. The van der Waals surface area contributed by atoms with Crippen LogP contribution in [0.5, 0.6) is 0 Å². The summed E-state index contributed by atoms with van der Waals surface area (Å²) >= 11 is 1.87. The molecule has 0 bridgehead atoms. The highest BCUT2D eigenvalue weighted by Crippen LogP contribution is 2.41. The smallest absolute Gasteiger partial charge is 0.0361 e. The topological polar surface area (TPSA) is 0 Å². The summed E-state index contributed by atoms with van der Waals surface area (Å²) < 4.78 is 2.68. The van der Waals surface area contributed by atoms with Crippen molar-refractivity contribution in [2.45, 2.75) is 6.92 Å². The van der Waals surface area contributed by atoms with Gasteiger partial charge in [0.2, 0.25) is 0 Å². The van der Waals surface area contributed by atoms with Crippen LogP contribution < -0.4 is 0 Å². The summed E-state index contributed by atoms with van der Waals surface area (Å²) in [5, 5.41) is 7.71. The number of thiophene rings is 1. The quantitative estimate of drug-likeness (QED) is 0.178. The van der Waals surface area contributed by atoms with Crippen LogP contribution in [0, 0.1) is 0 Å². The van der Waals surface area contributed by atoms with Crippen LogP contribution in [0.1, 0.15) is 12.5 Å². The van der Waals surface area contributed by atoms with E-state index in [9.17, 15) is 0 Å². The van der Waals surface area contributed by atoms with Gasteiger partial charge in [0.25, 0.3) is 0 Å². The SMILES string of the molecule is C/C=C\C=C/c1cc(-c2ccc3cc(-c4ccc5c(c4)sc4ccccc45)ccc3c2)c2ccccc2c1-c1ccccc1. The average molecular weight is 579 g/mol. The van der Waals surface area contributed by atoms with Gasteiger partial charge in [0.15, 0.2) is 0 Å². The van der Waals surface area contributed by atoms with Crippen molar-refractivity contribution < 1.29 is 0 Å². The highest BCUT2D eigenvalue weighted by Gasteiger charge is 2.14. The Morgan fingerprint density at radius 1 is 0.455 bits per heavy atom. The molecule has 1 heteroatoms. The molecule has 0 nitrogen and oxygen atoms in total. The first-order chi connectivity index (χ1) is 21.8. The van der Waals surface area contributed by atoms with Crippen LogP contribution in [0.25, 0.3) is 81.2 Å². The minimum atomic E-state index is 1.22. The van der Waals surface area contributed by atoms with Crippen molar-refractivity contribution in [2.75, 3.05) is 0 Å². The lowest BCUT2D eigenvalue weighted by atomic mass is 9.87. The summed E-state index contributed by atoms with van der Waals surface area (Å²) in [5.41, 5.74) is 8.71. The van der Waals surface area contributed by atoms with E-state index < -0.39 is 0 Å². The van der Waals surface area contributed by atoms with Crippen LogP contribution in [0.3, 0.4) is 0 Å². The Kier molecular flexibility index (Phi) is 6.67. The molecule has 0 spiro atoms. The molecule has 7 aromatic carbocycles. The van der Waals surface area contributed by atoms with E-state index in [1.54, 1.807) is 0 Å². The van der Waals surface area contributed by atoms with Gasteiger partial charge in [0, 0.05) is 20.2 Å². The molecule has 1 heterocycles. The molecule has 0 saturated carbocycles. The van der Waals surface area contributed by atoms with E-state index in [2.05, 4.69) is 171 Å². The second-order valence-electron chi connectivity index (χ2n) is 11.3. The normalized spacial score (nSPS) is 12.0. The Morgan fingerprint density at radius 2 is 1.09 bits per heavy atom. The monoisotopic (exact) mass is 578 g/mol. The third-order valence-corrected chi connectivity index (χ3v) is 9.71. The van der Waals surface area contributed by atoms with Gasteiger partial charge in [-0.3, -0.25) is 0 Å². The zero-order valence-corrected chi connectivity index (χ0v) is 25.3. The van der Waals surface area contributed by atoms with Gasteiger partial charge in [-0.2, -0.15) is 0 Å². The molecule has 0 unspecified atom stereocenters. The van der Waals surface area contributed by atoms with Gasteiger partial charge in [-0.25, -0.2) is 0 Å². The average Bonchev–Trinajstić information content (AvgIpc) is 3.46. The molecule has 0 aliphatic heterocycles. The molecular formula is C43H30S. The number of hydrogen-bond acceptors (Lipinski definition) is 1. The summed E-state index contributed by atoms with van der Waals surface area (Å²) in [5.74, 6) is 0. The summed E-state index contributed by atoms with van der Waals surface area (Å²) in [6.07, 6.45) is 8.53.